The van der Waals surface area contributed by atoms with Crippen LogP contribution in [0.15, 0.2) is 29.5 Å². The van der Waals surface area contributed by atoms with Gasteiger partial charge in [0.2, 0.25) is 0 Å². The Labute approximate surface area is 135 Å². The second-order valence-electron chi connectivity index (χ2n) is 4.68. The number of carboxylic acid groups (broad SMARTS) is 1. The molecule has 1 aliphatic rings. The molecule has 0 saturated heterocycles. The molecule has 1 atom stereocenters. The number of anilines is 1. The fourth-order valence-electron chi connectivity index (χ4n) is 2.35. The van der Waals surface area contributed by atoms with Crippen LogP contribution in [0.1, 0.15) is 6.92 Å². The maximum Gasteiger partial charge on any atom is 0.340 e. The minimum atomic E-state index is -1.86. The molecule has 1 N–H and O–H groups in total. The quantitative estimate of drug-likeness (QED) is 0.810. The molecule has 1 unspecified atom stereocenters. The van der Waals surface area contributed by atoms with Gasteiger partial charge < -0.3 is 14.6 Å². The Hall–Kier alpha value is -2.97. The van der Waals surface area contributed by atoms with Gasteiger partial charge in [0.05, 0.1) is 19.4 Å². The van der Waals surface area contributed by atoms with Gasteiger partial charge in [-0.2, -0.15) is 0 Å². The second kappa shape index (κ2) is 6.65. The Bertz CT molecular complexity index is 745. The summed E-state index contributed by atoms with van der Waals surface area (Å²) >= 11 is 0. The lowest BCUT2D eigenvalue weighted by atomic mass is 10.1. The van der Waals surface area contributed by atoms with Crippen molar-refractivity contribution in [3.05, 3.63) is 41.2 Å². The fraction of sp³-hybridized carbons (Fsp3) is 0.267. The van der Waals surface area contributed by atoms with Gasteiger partial charge in [-0.05, 0) is 19.1 Å². The van der Waals surface area contributed by atoms with Crippen LogP contribution in [0.3, 0.4) is 0 Å². The van der Waals surface area contributed by atoms with Crippen LogP contribution in [0.4, 0.5) is 14.5 Å². The van der Waals surface area contributed by atoms with Gasteiger partial charge in [-0.15, -0.1) is 0 Å². The molecule has 128 valence electrons. The monoisotopic (exact) mass is 341 g/mol. The fourth-order valence-corrected chi connectivity index (χ4v) is 2.35. The van der Waals surface area contributed by atoms with Crippen LogP contribution in [0.5, 0.6) is 0 Å². The number of nitrogens with zero attached hydrogens (tertiary/aromatic N) is 1. The van der Waals surface area contributed by atoms with Crippen LogP contribution in [0.25, 0.3) is 0 Å². The van der Waals surface area contributed by atoms with E-state index in [9.17, 15) is 28.3 Å². The van der Waals surface area contributed by atoms with E-state index in [1.54, 1.807) is 0 Å². The molecule has 0 fully saturated rings. The summed E-state index contributed by atoms with van der Waals surface area (Å²) < 4.78 is 36.7. The van der Waals surface area contributed by atoms with E-state index in [0.29, 0.717) is 11.0 Å². The smallest absolute Gasteiger partial charge is 0.340 e. The summed E-state index contributed by atoms with van der Waals surface area (Å²) in [5.41, 5.74) is -1.05. The Balaban J connectivity index is 2.64. The number of hydrogen-bond acceptors (Lipinski definition) is 5. The first-order chi connectivity index (χ1) is 11.3. The van der Waals surface area contributed by atoms with Crippen molar-refractivity contribution in [2.75, 3.05) is 18.6 Å². The molecule has 2 rings (SSSR count). The van der Waals surface area contributed by atoms with E-state index in [-0.39, 0.29) is 6.61 Å². The number of carboxylic acids is 1. The summed E-state index contributed by atoms with van der Waals surface area (Å²) in [6, 6.07) is 0.410. The Morgan fingerprint density at radius 1 is 1.33 bits per heavy atom. The van der Waals surface area contributed by atoms with Crippen molar-refractivity contribution in [3.8, 4) is 0 Å². The maximum absolute atomic E-state index is 14.0. The molecule has 0 bridgehead atoms. The molecule has 1 heterocycles. The predicted molar refractivity (Wildman–Crippen MR) is 75.9 cm³/mol. The molecular weight excluding hydrogens is 328 g/mol. The molecule has 0 saturated carbocycles. The van der Waals surface area contributed by atoms with Crippen molar-refractivity contribution < 1.29 is 37.7 Å². The van der Waals surface area contributed by atoms with Crippen LogP contribution < -0.4 is 4.90 Å². The minimum Gasteiger partial charge on any atom is -0.488 e. The van der Waals surface area contributed by atoms with Crippen molar-refractivity contribution in [2.24, 2.45) is 0 Å². The van der Waals surface area contributed by atoms with Gasteiger partial charge in [0.25, 0.3) is 5.91 Å². The zero-order valence-electron chi connectivity index (χ0n) is 12.7. The molecule has 1 amide bonds. The van der Waals surface area contributed by atoms with E-state index in [1.165, 1.54) is 6.92 Å². The number of esters is 1. The average Bonchev–Trinajstić information content (AvgIpc) is 2.81. The highest BCUT2D eigenvalue weighted by molar-refractivity contribution is 6.19. The molecular formula is C15H13F2NO6. The normalized spacial score (nSPS) is 17.2. The number of halogens is 2. The number of benzene rings is 1. The second-order valence-corrected chi connectivity index (χ2v) is 4.68. The topological polar surface area (TPSA) is 93.1 Å². The Kier molecular flexibility index (Phi) is 4.82. The molecule has 0 aromatic heterocycles. The molecule has 9 heteroatoms. The summed E-state index contributed by atoms with van der Waals surface area (Å²) in [4.78, 5) is 36.5. The zero-order chi connectivity index (χ0) is 18.0. The van der Waals surface area contributed by atoms with Crippen LogP contribution >= 0.6 is 0 Å². The largest absolute Gasteiger partial charge is 0.488 e. The maximum atomic E-state index is 14.0. The van der Waals surface area contributed by atoms with Gasteiger partial charge in [0.1, 0.15) is 17.2 Å². The summed E-state index contributed by atoms with van der Waals surface area (Å²) in [6.45, 7) is 1.49. The first kappa shape index (κ1) is 17.4. The minimum absolute atomic E-state index is 0.0341. The number of ether oxygens (including phenoxy) is 2. The number of carbonyl (C=O) groups excluding carboxylic acids is 2. The van der Waals surface area contributed by atoms with Crippen molar-refractivity contribution in [1.82, 2.24) is 0 Å². The summed E-state index contributed by atoms with van der Waals surface area (Å²) in [5, 5.41) is 9.42. The third kappa shape index (κ3) is 2.80. The number of hydrogen-bond donors (Lipinski definition) is 1. The van der Waals surface area contributed by atoms with Crippen molar-refractivity contribution in [3.63, 3.8) is 0 Å². The van der Waals surface area contributed by atoms with E-state index in [1.807, 2.05) is 0 Å². The van der Waals surface area contributed by atoms with Crippen molar-refractivity contribution in [2.45, 2.75) is 13.0 Å². The molecule has 1 aromatic carbocycles. The first-order valence-corrected chi connectivity index (χ1v) is 6.80. The standard InChI is InChI=1S/C15H13F2NO6/c1-3-24-12-10(15(22)23-2)11(14(20)21)18(13(12)19)9-5-4-7(16)6-8(9)17/h4-6,11H,3H2,1-2H3,(H,20,21). The number of amides is 1. The van der Waals surface area contributed by atoms with E-state index < -0.39 is 52.5 Å². The van der Waals surface area contributed by atoms with E-state index in [2.05, 4.69) is 4.74 Å². The van der Waals surface area contributed by atoms with E-state index >= 15 is 0 Å². The van der Waals surface area contributed by atoms with Crippen LogP contribution in [-0.2, 0) is 23.9 Å². The predicted octanol–water partition coefficient (Wildman–Crippen LogP) is 1.23. The first-order valence-electron chi connectivity index (χ1n) is 6.80. The highest BCUT2D eigenvalue weighted by Crippen LogP contribution is 2.34. The lowest BCUT2D eigenvalue weighted by Crippen LogP contribution is -2.43. The summed E-state index contributed by atoms with van der Waals surface area (Å²) in [6.07, 6.45) is 0. The van der Waals surface area contributed by atoms with Gasteiger partial charge in [0.15, 0.2) is 11.8 Å². The van der Waals surface area contributed by atoms with Gasteiger partial charge >= 0.3 is 11.9 Å². The SMILES string of the molecule is CCOC1=C(C(=O)OC)C(C(=O)O)N(c2ccc(F)cc2F)C1=O. The highest BCUT2D eigenvalue weighted by Gasteiger charge is 2.50. The average molecular weight is 341 g/mol. The zero-order valence-corrected chi connectivity index (χ0v) is 12.7. The van der Waals surface area contributed by atoms with Gasteiger partial charge in [-0.25, -0.2) is 18.4 Å². The number of rotatable bonds is 5. The number of carbonyl (C=O) groups is 3. The highest BCUT2D eigenvalue weighted by atomic mass is 19.1. The van der Waals surface area contributed by atoms with Gasteiger partial charge in [-0.3, -0.25) is 9.69 Å². The molecule has 0 spiro atoms. The summed E-state index contributed by atoms with van der Waals surface area (Å²) in [5.74, 6) is -6.32. The van der Waals surface area contributed by atoms with Crippen LogP contribution in [0, 0.1) is 11.6 Å². The van der Waals surface area contributed by atoms with Gasteiger partial charge in [-0.1, -0.05) is 0 Å². The molecule has 0 aliphatic carbocycles. The van der Waals surface area contributed by atoms with E-state index in [4.69, 9.17) is 4.74 Å². The van der Waals surface area contributed by atoms with Crippen molar-refractivity contribution in [1.29, 1.82) is 0 Å². The Morgan fingerprint density at radius 2 is 2.00 bits per heavy atom. The molecule has 7 nitrogen and oxygen atoms in total. The third-order valence-electron chi connectivity index (χ3n) is 3.29. The van der Waals surface area contributed by atoms with Crippen LogP contribution in [0.2, 0.25) is 0 Å². The van der Waals surface area contributed by atoms with Crippen molar-refractivity contribution >= 4 is 23.5 Å². The molecule has 24 heavy (non-hydrogen) atoms. The molecule has 1 aliphatic heterocycles. The number of methoxy groups -OCH3 is 1. The van der Waals surface area contributed by atoms with E-state index in [0.717, 1.165) is 19.2 Å². The third-order valence-corrected chi connectivity index (χ3v) is 3.29. The lowest BCUT2D eigenvalue weighted by Gasteiger charge is -2.23. The van der Waals surface area contributed by atoms with Gasteiger partial charge in [0, 0.05) is 6.07 Å². The molecule has 0 radical (unpaired) electrons. The number of aliphatic carboxylic acids is 1. The molecule has 1 aromatic rings. The lowest BCUT2D eigenvalue weighted by molar-refractivity contribution is -0.142. The Morgan fingerprint density at radius 3 is 2.50 bits per heavy atom. The summed E-state index contributed by atoms with van der Waals surface area (Å²) in [7, 11) is 1.00. The van der Waals surface area contributed by atoms with Crippen LogP contribution in [-0.4, -0.2) is 42.7 Å².